The van der Waals surface area contributed by atoms with Crippen molar-refractivity contribution in [2.45, 2.75) is 38.9 Å². The van der Waals surface area contributed by atoms with Crippen LogP contribution in [0.2, 0.25) is 0 Å². The molecule has 0 aliphatic carbocycles. The lowest BCUT2D eigenvalue weighted by atomic mass is 9.90. The second-order valence-corrected chi connectivity index (χ2v) is 8.39. The molecule has 0 radical (unpaired) electrons. The van der Waals surface area contributed by atoms with E-state index < -0.39 is 0 Å². The predicted octanol–water partition coefficient (Wildman–Crippen LogP) is 5.28. The van der Waals surface area contributed by atoms with Crippen LogP contribution in [-0.2, 0) is 11.3 Å². The fraction of sp³-hybridized carbons (Fsp3) is 0.250. The van der Waals surface area contributed by atoms with Gasteiger partial charge in [-0.3, -0.25) is 9.59 Å². The van der Waals surface area contributed by atoms with E-state index in [-0.39, 0.29) is 23.9 Å². The van der Waals surface area contributed by atoms with E-state index in [1.165, 1.54) is 11.3 Å². The van der Waals surface area contributed by atoms with E-state index in [2.05, 4.69) is 6.92 Å². The Morgan fingerprint density at radius 1 is 1.03 bits per heavy atom. The summed E-state index contributed by atoms with van der Waals surface area (Å²) in [6, 6.07) is 21.7. The summed E-state index contributed by atoms with van der Waals surface area (Å²) in [5, 5.41) is 1.92. The van der Waals surface area contributed by atoms with Gasteiger partial charge in [-0.15, -0.1) is 11.3 Å². The highest BCUT2D eigenvalue weighted by atomic mass is 32.1. The van der Waals surface area contributed by atoms with Crippen LogP contribution >= 0.6 is 11.3 Å². The third-order valence-corrected chi connectivity index (χ3v) is 6.35. The molecule has 0 unspecified atom stereocenters. The number of carbonyl (C=O) groups excluding carboxylic acids is 2. The molecule has 2 amide bonds. The number of benzene rings is 2. The Morgan fingerprint density at radius 2 is 1.76 bits per heavy atom. The van der Waals surface area contributed by atoms with Gasteiger partial charge in [0.2, 0.25) is 5.91 Å². The van der Waals surface area contributed by atoms with E-state index in [0.717, 1.165) is 21.7 Å². The van der Waals surface area contributed by atoms with Crippen molar-refractivity contribution in [3.05, 3.63) is 88.1 Å². The van der Waals surface area contributed by atoms with Crippen molar-refractivity contribution in [3.63, 3.8) is 0 Å². The largest absolute Gasteiger partial charge is 0.331 e. The molecule has 2 heterocycles. The molecule has 0 saturated heterocycles. The Balaban J connectivity index is 1.72. The zero-order chi connectivity index (χ0) is 20.4. The monoisotopic (exact) mass is 404 g/mol. The van der Waals surface area contributed by atoms with Gasteiger partial charge in [-0.05, 0) is 42.0 Å². The number of anilines is 1. The minimum atomic E-state index is -0.0636. The van der Waals surface area contributed by atoms with Crippen molar-refractivity contribution in [1.82, 2.24) is 4.90 Å². The summed E-state index contributed by atoms with van der Waals surface area (Å²) < 4.78 is 0. The Kier molecular flexibility index (Phi) is 5.49. The van der Waals surface area contributed by atoms with Crippen LogP contribution in [-0.4, -0.2) is 22.8 Å². The predicted molar refractivity (Wildman–Crippen MR) is 117 cm³/mol. The molecule has 3 aromatic rings. The van der Waals surface area contributed by atoms with E-state index in [4.69, 9.17) is 0 Å². The highest BCUT2D eigenvalue weighted by Crippen LogP contribution is 2.41. The number of thiophene rings is 1. The Bertz CT molecular complexity index is 1000. The fourth-order valence-electron chi connectivity index (χ4n) is 4.13. The third kappa shape index (κ3) is 3.83. The molecule has 2 aromatic carbocycles. The highest BCUT2D eigenvalue weighted by molar-refractivity contribution is 7.12. The molecule has 2 atom stereocenters. The first-order valence-corrected chi connectivity index (χ1v) is 10.7. The van der Waals surface area contributed by atoms with Gasteiger partial charge in [-0.1, -0.05) is 54.6 Å². The summed E-state index contributed by atoms with van der Waals surface area (Å²) in [6.07, 6.45) is 0.709. The van der Waals surface area contributed by atoms with Gasteiger partial charge in [0, 0.05) is 25.2 Å². The summed E-state index contributed by atoms with van der Waals surface area (Å²) in [6.45, 7) is 4.25. The molecule has 1 aromatic heterocycles. The highest BCUT2D eigenvalue weighted by Gasteiger charge is 2.37. The van der Waals surface area contributed by atoms with Gasteiger partial charge in [0.05, 0.1) is 10.9 Å². The minimum Gasteiger partial charge on any atom is -0.331 e. The van der Waals surface area contributed by atoms with Crippen molar-refractivity contribution in [1.29, 1.82) is 0 Å². The van der Waals surface area contributed by atoms with E-state index in [1.54, 1.807) is 6.92 Å². The molecule has 1 aliphatic rings. The second kappa shape index (κ2) is 8.21. The fourth-order valence-corrected chi connectivity index (χ4v) is 4.79. The number of hydrogen-bond acceptors (Lipinski definition) is 3. The van der Waals surface area contributed by atoms with E-state index in [1.807, 2.05) is 81.9 Å². The van der Waals surface area contributed by atoms with Crippen LogP contribution in [0.4, 0.5) is 5.69 Å². The standard InChI is InChI=1S/C24H24N2O2S/c1-17-15-22(25(18(2)27)16-19-9-4-3-5-10-19)20-11-6-7-12-21(20)26(17)24(28)23-13-8-14-29-23/h3-14,17,22H,15-16H2,1-2H3/t17-,22-/m1/s1. The van der Waals surface area contributed by atoms with Crippen LogP contribution in [0.5, 0.6) is 0 Å². The number of fused-ring (bicyclic) bond motifs is 1. The van der Waals surface area contributed by atoms with Crippen molar-refractivity contribution in [2.24, 2.45) is 0 Å². The van der Waals surface area contributed by atoms with Crippen molar-refractivity contribution in [2.75, 3.05) is 4.90 Å². The number of rotatable bonds is 4. The molecular formula is C24H24N2O2S. The van der Waals surface area contributed by atoms with Gasteiger partial charge in [0.15, 0.2) is 0 Å². The number of amides is 2. The lowest BCUT2D eigenvalue weighted by Gasteiger charge is -2.43. The maximum Gasteiger partial charge on any atom is 0.268 e. The first-order valence-electron chi connectivity index (χ1n) is 9.83. The molecule has 148 valence electrons. The minimum absolute atomic E-state index is 0.0119. The van der Waals surface area contributed by atoms with E-state index in [0.29, 0.717) is 13.0 Å². The van der Waals surface area contributed by atoms with Crippen LogP contribution in [0.25, 0.3) is 0 Å². The van der Waals surface area contributed by atoms with E-state index in [9.17, 15) is 9.59 Å². The summed E-state index contributed by atoms with van der Waals surface area (Å²) >= 11 is 1.46. The summed E-state index contributed by atoms with van der Waals surface area (Å²) in [5.74, 6) is 0.0646. The first kappa shape index (κ1) is 19.4. The van der Waals surface area contributed by atoms with Gasteiger partial charge in [0.1, 0.15) is 0 Å². The van der Waals surface area contributed by atoms with Crippen molar-refractivity contribution in [3.8, 4) is 0 Å². The topological polar surface area (TPSA) is 40.6 Å². The molecule has 0 fully saturated rings. The molecule has 4 nitrogen and oxygen atoms in total. The zero-order valence-corrected chi connectivity index (χ0v) is 17.4. The smallest absolute Gasteiger partial charge is 0.268 e. The molecule has 29 heavy (non-hydrogen) atoms. The summed E-state index contributed by atoms with van der Waals surface area (Å²) in [4.78, 5) is 30.4. The van der Waals surface area contributed by atoms with Crippen molar-refractivity contribution < 1.29 is 9.59 Å². The zero-order valence-electron chi connectivity index (χ0n) is 16.6. The SMILES string of the molecule is CC(=O)N(Cc1ccccc1)[C@@H]1C[C@@H](C)N(C(=O)c2cccs2)c2ccccc21. The number of hydrogen-bond donors (Lipinski definition) is 0. The third-order valence-electron chi connectivity index (χ3n) is 5.49. The molecule has 0 saturated carbocycles. The molecule has 0 bridgehead atoms. The molecule has 1 aliphatic heterocycles. The number of nitrogens with zero attached hydrogens (tertiary/aromatic N) is 2. The van der Waals surface area contributed by atoms with Crippen LogP contribution in [0.3, 0.4) is 0 Å². The second-order valence-electron chi connectivity index (χ2n) is 7.44. The Morgan fingerprint density at radius 3 is 2.45 bits per heavy atom. The Hall–Kier alpha value is -2.92. The van der Waals surface area contributed by atoms with Crippen LogP contribution in [0.15, 0.2) is 72.1 Å². The maximum atomic E-state index is 13.2. The van der Waals surface area contributed by atoms with Gasteiger partial charge in [-0.2, -0.15) is 0 Å². The quantitative estimate of drug-likeness (QED) is 0.594. The lowest BCUT2D eigenvalue weighted by molar-refractivity contribution is -0.132. The molecule has 0 N–H and O–H groups in total. The van der Waals surface area contributed by atoms with Crippen molar-refractivity contribution >= 4 is 28.8 Å². The van der Waals surface area contributed by atoms with Gasteiger partial charge in [-0.25, -0.2) is 0 Å². The number of para-hydroxylation sites is 1. The first-order chi connectivity index (χ1) is 14.1. The molecule has 5 heteroatoms. The normalized spacial score (nSPS) is 18.2. The van der Waals surface area contributed by atoms with Gasteiger partial charge in [0.25, 0.3) is 5.91 Å². The van der Waals surface area contributed by atoms with Crippen LogP contribution in [0.1, 0.15) is 47.1 Å². The lowest BCUT2D eigenvalue weighted by Crippen LogP contribution is -2.47. The van der Waals surface area contributed by atoms with Crippen LogP contribution in [0, 0.1) is 0 Å². The summed E-state index contributed by atoms with van der Waals surface area (Å²) in [5.41, 5.74) is 3.03. The summed E-state index contributed by atoms with van der Waals surface area (Å²) in [7, 11) is 0. The average molecular weight is 405 g/mol. The van der Waals surface area contributed by atoms with Gasteiger partial charge >= 0.3 is 0 Å². The average Bonchev–Trinajstić information content (AvgIpc) is 3.27. The maximum absolute atomic E-state index is 13.2. The molecule has 4 rings (SSSR count). The number of carbonyl (C=O) groups is 2. The van der Waals surface area contributed by atoms with Crippen LogP contribution < -0.4 is 4.90 Å². The van der Waals surface area contributed by atoms with E-state index >= 15 is 0 Å². The molecule has 0 spiro atoms. The molecular weight excluding hydrogens is 380 g/mol. The van der Waals surface area contributed by atoms with Gasteiger partial charge < -0.3 is 9.80 Å². The Labute approximate surface area is 175 Å².